The second kappa shape index (κ2) is 11.8. The highest BCUT2D eigenvalue weighted by atomic mass is 32.1. The average molecular weight is 581 g/mol. The van der Waals surface area contributed by atoms with Gasteiger partial charge in [-0.3, -0.25) is 4.79 Å². The maximum atomic E-state index is 12.7. The van der Waals surface area contributed by atoms with Crippen molar-refractivity contribution in [3.05, 3.63) is 107 Å². The molecule has 1 aromatic heterocycles. The minimum Gasteiger partial charge on any atom is -0.485 e. The lowest BCUT2D eigenvalue weighted by atomic mass is 9.86. The lowest BCUT2D eigenvalue weighted by Crippen LogP contribution is -2.48. The number of nitrogens with one attached hydrogen (secondary N) is 1. The van der Waals surface area contributed by atoms with Gasteiger partial charge in [0.15, 0.2) is 5.13 Å². The smallest absolute Gasteiger partial charge is 0.263 e. The van der Waals surface area contributed by atoms with Gasteiger partial charge in [-0.1, -0.05) is 98.8 Å². The molecule has 0 unspecified atom stereocenters. The van der Waals surface area contributed by atoms with Crippen LogP contribution in [0.4, 0.5) is 10.8 Å². The van der Waals surface area contributed by atoms with Crippen molar-refractivity contribution in [1.29, 1.82) is 0 Å². The van der Waals surface area contributed by atoms with Crippen molar-refractivity contribution < 1.29 is 9.53 Å². The Hall–Kier alpha value is -3.84. The zero-order valence-electron chi connectivity index (χ0n) is 24.8. The van der Waals surface area contributed by atoms with Crippen LogP contribution < -0.4 is 19.9 Å². The van der Waals surface area contributed by atoms with Gasteiger partial charge in [0.25, 0.3) is 5.91 Å². The summed E-state index contributed by atoms with van der Waals surface area (Å²) >= 11 is 1.47. The van der Waals surface area contributed by atoms with Crippen LogP contribution >= 0.6 is 11.3 Å². The first-order valence-electron chi connectivity index (χ1n) is 14.9. The molecule has 2 aliphatic heterocycles. The van der Waals surface area contributed by atoms with E-state index in [4.69, 9.17) is 4.74 Å². The first kappa shape index (κ1) is 28.3. The summed E-state index contributed by atoms with van der Waals surface area (Å²) in [6.07, 6.45) is 4.52. The number of aromatic nitrogens is 1. The summed E-state index contributed by atoms with van der Waals surface area (Å²) in [4.78, 5) is 22.8. The van der Waals surface area contributed by atoms with Crippen molar-refractivity contribution in [1.82, 2.24) is 10.3 Å². The first-order chi connectivity index (χ1) is 20.3. The quantitative estimate of drug-likeness (QED) is 0.261. The average Bonchev–Trinajstić information content (AvgIpc) is 3.44. The van der Waals surface area contributed by atoms with Crippen LogP contribution in [0.15, 0.2) is 85.1 Å². The summed E-state index contributed by atoms with van der Waals surface area (Å²) in [5.74, 6) is 0.898. The third kappa shape index (κ3) is 6.31. The summed E-state index contributed by atoms with van der Waals surface area (Å²) in [6, 6.07) is 27.5. The van der Waals surface area contributed by atoms with E-state index in [0.29, 0.717) is 11.4 Å². The Morgan fingerprint density at radius 3 is 2.33 bits per heavy atom. The van der Waals surface area contributed by atoms with Crippen molar-refractivity contribution in [2.45, 2.75) is 64.1 Å². The first-order valence-corrected chi connectivity index (χ1v) is 15.8. The maximum absolute atomic E-state index is 12.7. The summed E-state index contributed by atoms with van der Waals surface area (Å²) in [5, 5.41) is 3.92. The van der Waals surface area contributed by atoms with E-state index in [0.717, 1.165) is 61.9 Å². The molecule has 1 fully saturated rings. The Balaban J connectivity index is 1.09. The number of rotatable bonds is 6. The van der Waals surface area contributed by atoms with Crippen molar-refractivity contribution in [2.24, 2.45) is 0 Å². The van der Waals surface area contributed by atoms with Gasteiger partial charge in [-0.15, -0.1) is 0 Å². The van der Waals surface area contributed by atoms with Crippen molar-refractivity contribution in [3.63, 3.8) is 0 Å². The number of hydrogen-bond acceptors (Lipinski definition) is 6. The van der Waals surface area contributed by atoms with Crippen LogP contribution in [0, 0.1) is 0 Å². The molecule has 0 aliphatic carbocycles. The van der Waals surface area contributed by atoms with E-state index in [1.54, 1.807) is 6.20 Å². The molecule has 0 saturated carbocycles. The Morgan fingerprint density at radius 1 is 0.905 bits per heavy atom. The Bertz CT molecular complexity index is 1500. The lowest BCUT2D eigenvalue weighted by Gasteiger charge is -2.41. The van der Waals surface area contributed by atoms with Crippen LogP contribution in [0.2, 0.25) is 0 Å². The number of hydrogen-bond donors (Lipinski definition) is 1. The minimum absolute atomic E-state index is 0.0760. The molecule has 1 spiro atoms. The number of ether oxygens (including phenoxy) is 1. The molecule has 0 bridgehead atoms. The highest BCUT2D eigenvalue weighted by molar-refractivity contribution is 7.17. The van der Waals surface area contributed by atoms with Gasteiger partial charge in [0.05, 0.1) is 11.9 Å². The topological polar surface area (TPSA) is 57.7 Å². The fourth-order valence-corrected chi connectivity index (χ4v) is 6.77. The third-order valence-corrected chi connectivity index (χ3v) is 9.58. The number of anilines is 2. The molecule has 3 aromatic carbocycles. The van der Waals surface area contributed by atoms with Crippen LogP contribution in [0.25, 0.3) is 0 Å². The second-order valence-corrected chi connectivity index (χ2v) is 13.5. The standard InChI is InChI=1S/C35H40N4O2S/c1-34(2,3)28-15-13-27(14-16-28)25-39-22-19-35(41-30-12-8-7-11-29(30)39)17-20-38(21-18-35)33-37-24-31(42-33)32(40)36-23-26-9-5-4-6-10-26/h4-16,24H,17-23,25H2,1-3H3,(H,36,40). The SMILES string of the molecule is CC(C)(C)c1ccc(CN2CCC3(CCN(c4ncc(C(=O)NCc5ccccc5)s4)CC3)Oc3ccccc32)cc1. The van der Waals surface area contributed by atoms with Crippen LogP contribution in [-0.4, -0.2) is 36.1 Å². The molecule has 218 valence electrons. The van der Waals surface area contributed by atoms with Crippen molar-refractivity contribution in [3.8, 4) is 5.75 Å². The predicted octanol–water partition coefficient (Wildman–Crippen LogP) is 7.20. The number of thiazole rings is 1. The Labute approximate surface area is 253 Å². The van der Waals surface area contributed by atoms with E-state index >= 15 is 0 Å². The zero-order chi connectivity index (χ0) is 29.2. The number of piperidine rings is 1. The fourth-order valence-electron chi connectivity index (χ4n) is 5.88. The molecule has 0 radical (unpaired) electrons. The van der Waals surface area contributed by atoms with E-state index in [1.807, 2.05) is 30.3 Å². The summed E-state index contributed by atoms with van der Waals surface area (Å²) in [5.41, 5.74) is 4.87. The highest BCUT2D eigenvalue weighted by Gasteiger charge is 2.40. The van der Waals surface area contributed by atoms with Crippen LogP contribution in [0.3, 0.4) is 0 Å². The molecular weight excluding hydrogens is 540 g/mol. The summed E-state index contributed by atoms with van der Waals surface area (Å²) < 4.78 is 6.87. The molecule has 42 heavy (non-hydrogen) atoms. The van der Waals surface area contributed by atoms with E-state index in [9.17, 15) is 4.79 Å². The van der Waals surface area contributed by atoms with Gasteiger partial charge in [0.2, 0.25) is 0 Å². The van der Waals surface area contributed by atoms with Gasteiger partial charge in [0, 0.05) is 52.0 Å². The molecule has 4 aromatic rings. The number of benzene rings is 3. The van der Waals surface area contributed by atoms with Gasteiger partial charge in [0.1, 0.15) is 16.2 Å². The number of carbonyl (C=O) groups excluding carboxylic acids is 1. The molecule has 1 N–H and O–H groups in total. The monoisotopic (exact) mass is 580 g/mol. The molecule has 6 nitrogen and oxygen atoms in total. The van der Waals surface area contributed by atoms with Gasteiger partial charge in [-0.2, -0.15) is 0 Å². The van der Waals surface area contributed by atoms with E-state index < -0.39 is 0 Å². The van der Waals surface area contributed by atoms with E-state index in [-0.39, 0.29) is 16.9 Å². The van der Waals surface area contributed by atoms with Gasteiger partial charge < -0.3 is 19.9 Å². The highest BCUT2D eigenvalue weighted by Crippen LogP contribution is 2.42. The Morgan fingerprint density at radius 2 is 1.60 bits per heavy atom. The van der Waals surface area contributed by atoms with Gasteiger partial charge in [-0.25, -0.2) is 4.98 Å². The second-order valence-electron chi connectivity index (χ2n) is 12.5. The molecule has 1 amide bonds. The van der Waals surface area contributed by atoms with E-state index in [2.05, 4.69) is 89.4 Å². The number of amides is 1. The summed E-state index contributed by atoms with van der Waals surface area (Å²) in [6.45, 7) is 10.8. The summed E-state index contributed by atoms with van der Waals surface area (Å²) in [7, 11) is 0. The predicted molar refractivity (Wildman–Crippen MR) is 172 cm³/mol. The fraction of sp³-hybridized carbons (Fsp3) is 0.371. The van der Waals surface area contributed by atoms with E-state index in [1.165, 1.54) is 28.2 Å². The minimum atomic E-state index is -0.204. The molecule has 3 heterocycles. The number of nitrogens with zero attached hydrogens (tertiary/aromatic N) is 3. The number of fused-ring (bicyclic) bond motifs is 1. The van der Waals surface area contributed by atoms with Gasteiger partial charge >= 0.3 is 0 Å². The largest absolute Gasteiger partial charge is 0.485 e. The van der Waals surface area contributed by atoms with Crippen molar-refractivity contribution >= 4 is 28.1 Å². The third-order valence-electron chi connectivity index (χ3n) is 8.52. The van der Waals surface area contributed by atoms with Crippen molar-refractivity contribution in [2.75, 3.05) is 29.4 Å². The zero-order valence-corrected chi connectivity index (χ0v) is 25.6. The van der Waals surface area contributed by atoms with Crippen LogP contribution in [0.5, 0.6) is 5.75 Å². The molecule has 2 aliphatic rings. The lowest BCUT2D eigenvalue weighted by molar-refractivity contribution is 0.0411. The Kier molecular flexibility index (Phi) is 7.95. The van der Waals surface area contributed by atoms with Gasteiger partial charge in [-0.05, 0) is 34.2 Å². The number of para-hydroxylation sites is 2. The molecule has 1 saturated heterocycles. The normalized spacial score (nSPS) is 16.5. The maximum Gasteiger partial charge on any atom is 0.263 e. The molecule has 0 atom stereocenters. The molecule has 6 rings (SSSR count). The molecular formula is C35H40N4O2S. The van der Waals surface area contributed by atoms with Crippen LogP contribution in [-0.2, 0) is 18.5 Å². The molecule has 7 heteroatoms. The number of carbonyl (C=O) groups is 1. The van der Waals surface area contributed by atoms with Crippen LogP contribution in [0.1, 0.15) is 66.4 Å².